The number of benzene rings is 1. The van der Waals surface area contributed by atoms with Crippen LogP contribution in [0, 0.1) is 11.8 Å². The van der Waals surface area contributed by atoms with E-state index in [-0.39, 0.29) is 5.56 Å². The normalized spacial score (nSPS) is 23.5. The van der Waals surface area contributed by atoms with Crippen molar-refractivity contribution in [2.75, 3.05) is 26.2 Å². The van der Waals surface area contributed by atoms with E-state index in [1.807, 2.05) is 0 Å². The number of hydrogen-bond donors (Lipinski definition) is 1. The van der Waals surface area contributed by atoms with E-state index < -0.39 is 5.97 Å². The average molecular weight is 263 g/mol. The Hall–Kier alpha value is -1.55. The van der Waals surface area contributed by atoms with E-state index in [9.17, 15) is 4.79 Å². The second-order valence-corrected chi connectivity index (χ2v) is 5.36. The first-order chi connectivity index (χ1) is 9.08. The number of hydrogen-bond acceptors (Lipinski definition) is 3. The topological polar surface area (TPSA) is 49.8 Å². The van der Waals surface area contributed by atoms with Gasteiger partial charge in [-0.3, -0.25) is 4.90 Å². The van der Waals surface area contributed by atoms with Crippen molar-refractivity contribution in [1.29, 1.82) is 0 Å². The SMILES string of the molecule is CC1CN(CCOc2ccccc2C(=O)O)CC1C. The van der Waals surface area contributed by atoms with Gasteiger partial charge in [0.25, 0.3) is 0 Å². The van der Waals surface area contributed by atoms with Gasteiger partial charge in [0.1, 0.15) is 17.9 Å². The molecule has 2 atom stereocenters. The molecule has 4 heteroatoms. The predicted octanol–water partition coefficient (Wildman–Crippen LogP) is 2.35. The Balaban J connectivity index is 1.85. The lowest BCUT2D eigenvalue weighted by molar-refractivity contribution is 0.0691. The minimum atomic E-state index is -0.945. The highest BCUT2D eigenvalue weighted by Crippen LogP contribution is 2.22. The molecule has 2 unspecified atom stereocenters. The van der Waals surface area contributed by atoms with Gasteiger partial charge in [0.15, 0.2) is 0 Å². The van der Waals surface area contributed by atoms with E-state index in [2.05, 4.69) is 18.7 Å². The molecule has 0 spiro atoms. The first-order valence-corrected chi connectivity index (χ1v) is 6.75. The van der Waals surface area contributed by atoms with Gasteiger partial charge in [0.05, 0.1) is 0 Å². The number of para-hydroxylation sites is 1. The molecular weight excluding hydrogens is 242 g/mol. The Morgan fingerprint density at radius 1 is 1.32 bits per heavy atom. The second kappa shape index (κ2) is 6.06. The molecule has 1 aromatic rings. The highest BCUT2D eigenvalue weighted by atomic mass is 16.5. The van der Waals surface area contributed by atoms with Gasteiger partial charge < -0.3 is 9.84 Å². The third-order valence-electron chi connectivity index (χ3n) is 3.85. The summed E-state index contributed by atoms with van der Waals surface area (Å²) in [5.74, 6) is 0.965. The number of rotatable bonds is 5. The van der Waals surface area contributed by atoms with Crippen molar-refractivity contribution in [3.63, 3.8) is 0 Å². The number of ether oxygens (including phenoxy) is 1. The molecule has 1 aliphatic heterocycles. The zero-order chi connectivity index (χ0) is 13.8. The molecule has 104 valence electrons. The predicted molar refractivity (Wildman–Crippen MR) is 73.7 cm³/mol. The maximum Gasteiger partial charge on any atom is 0.339 e. The number of nitrogens with zero attached hydrogens (tertiary/aromatic N) is 1. The number of carboxylic acid groups (broad SMARTS) is 1. The molecule has 1 saturated heterocycles. The molecular formula is C15H21NO3. The molecule has 0 aliphatic carbocycles. The summed E-state index contributed by atoms with van der Waals surface area (Å²) in [4.78, 5) is 13.4. The Kier molecular flexibility index (Phi) is 4.43. The lowest BCUT2D eigenvalue weighted by Crippen LogP contribution is -2.26. The molecule has 1 N–H and O–H groups in total. The Labute approximate surface area is 114 Å². The molecule has 1 aromatic carbocycles. The maximum absolute atomic E-state index is 11.0. The van der Waals surface area contributed by atoms with Crippen LogP contribution in [0.2, 0.25) is 0 Å². The van der Waals surface area contributed by atoms with Gasteiger partial charge in [-0.1, -0.05) is 26.0 Å². The molecule has 2 rings (SSSR count). The molecule has 1 fully saturated rings. The zero-order valence-electron chi connectivity index (χ0n) is 11.5. The lowest BCUT2D eigenvalue weighted by Gasteiger charge is -2.16. The number of carboxylic acids is 1. The van der Waals surface area contributed by atoms with Crippen LogP contribution < -0.4 is 4.74 Å². The summed E-state index contributed by atoms with van der Waals surface area (Å²) in [7, 11) is 0. The van der Waals surface area contributed by atoms with Crippen LogP contribution >= 0.6 is 0 Å². The fourth-order valence-corrected chi connectivity index (χ4v) is 2.49. The van der Waals surface area contributed by atoms with Crippen LogP contribution in [0.15, 0.2) is 24.3 Å². The molecule has 0 bridgehead atoms. The van der Waals surface area contributed by atoms with Crippen molar-refractivity contribution in [2.24, 2.45) is 11.8 Å². The summed E-state index contributed by atoms with van der Waals surface area (Å²) < 4.78 is 5.61. The number of aromatic carboxylic acids is 1. The summed E-state index contributed by atoms with van der Waals surface area (Å²) in [5.41, 5.74) is 0.227. The Morgan fingerprint density at radius 2 is 1.95 bits per heavy atom. The van der Waals surface area contributed by atoms with E-state index in [0.717, 1.165) is 31.5 Å². The van der Waals surface area contributed by atoms with E-state index >= 15 is 0 Å². The summed E-state index contributed by atoms with van der Waals surface area (Å²) in [6, 6.07) is 6.78. The first-order valence-electron chi connectivity index (χ1n) is 6.75. The molecule has 0 amide bonds. The molecule has 4 nitrogen and oxygen atoms in total. The van der Waals surface area contributed by atoms with E-state index in [0.29, 0.717) is 12.4 Å². The van der Waals surface area contributed by atoms with Gasteiger partial charge in [-0.15, -0.1) is 0 Å². The first kappa shape index (κ1) is 13.9. The fourth-order valence-electron chi connectivity index (χ4n) is 2.49. The van der Waals surface area contributed by atoms with Crippen LogP contribution in [0.4, 0.5) is 0 Å². The van der Waals surface area contributed by atoms with Gasteiger partial charge in [0.2, 0.25) is 0 Å². The summed E-state index contributed by atoms with van der Waals surface area (Å²) in [6.45, 7) is 8.12. The van der Waals surface area contributed by atoms with Crippen molar-refractivity contribution in [3.05, 3.63) is 29.8 Å². The van der Waals surface area contributed by atoms with E-state index in [4.69, 9.17) is 9.84 Å². The van der Waals surface area contributed by atoms with E-state index in [1.54, 1.807) is 24.3 Å². The monoisotopic (exact) mass is 263 g/mol. The van der Waals surface area contributed by atoms with Crippen molar-refractivity contribution in [2.45, 2.75) is 13.8 Å². The second-order valence-electron chi connectivity index (χ2n) is 5.36. The third-order valence-corrected chi connectivity index (χ3v) is 3.85. The Morgan fingerprint density at radius 3 is 2.58 bits per heavy atom. The number of carbonyl (C=O) groups is 1. The van der Waals surface area contributed by atoms with Crippen LogP contribution in [0.5, 0.6) is 5.75 Å². The summed E-state index contributed by atoms with van der Waals surface area (Å²) >= 11 is 0. The summed E-state index contributed by atoms with van der Waals surface area (Å²) in [6.07, 6.45) is 0. The van der Waals surface area contributed by atoms with Gasteiger partial charge in [-0.05, 0) is 24.0 Å². The minimum Gasteiger partial charge on any atom is -0.491 e. The molecule has 19 heavy (non-hydrogen) atoms. The molecule has 0 saturated carbocycles. The van der Waals surface area contributed by atoms with Gasteiger partial charge >= 0.3 is 5.97 Å². The Bertz CT molecular complexity index is 437. The summed E-state index contributed by atoms with van der Waals surface area (Å²) in [5, 5.41) is 9.06. The van der Waals surface area contributed by atoms with Gasteiger partial charge in [0, 0.05) is 19.6 Å². The third kappa shape index (κ3) is 3.47. The maximum atomic E-state index is 11.0. The lowest BCUT2D eigenvalue weighted by atomic mass is 10.0. The van der Waals surface area contributed by atoms with Gasteiger partial charge in [-0.2, -0.15) is 0 Å². The van der Waals surface area contributed by atoms with E-state index in [1.165, 1.54) is 0 Å². The van der Waals surface area contributed by atoms with Crippen molar-refractivity contribution >= 4 is 5.97 Å². The smallest absolute Gasteiger partial charge is 0.339 e. The highest BCUT2D eigenvalue weighted by Gasteiger charge is 2.25. The standard InChI is InChI=1S/C15H21NO3/c1-11-9-16(10-12(11)2)7-8-19-14-6-4-3-5-13(14)15(17)18/h3-6,11-12H,7-10H2,1-2H3,(H,17,18). The average Bonchev–Trinajstić information content (AvgIpc) is 2.69. The molecule has 0 radical (unpaired) electrons. The number of likely N-dealkylation sites (tertiary alicyclic amines) is 1. The van der Waals surface area contributed by atoms with Crippen LogP contribution in [-0.2, 0) is 0 Å². The van der Waals surface area contributed by atoms with Crippen LogP contribution in [0.1, 0.15) is 24.2 Å². The molecule has 1 heterocycles. The van der Waals surface area contributed by atoms with Gasteiger partial charge in [-0.25, -0.2) is 4.79 Å². The zero-order valence-corrected chi connectivity index (χ0v) is 11.5. The highest BCUT2D eigenvalue weighted by molar-refractivity contribution is 5.90. The van der Waals surface area contributed by atoms with Crippen LogP contribution in [-0.4, -0.2) is 42.2 Å². The van der Waals surface area contributed by atoms with Crippen LogP contribution in [0.3, 0.4) is 0 Å². The fraction of sp³-hybridized carbons (Fsp3) is 0.533. The minimum absolute atomic E-state index is 0.227. The largest absolute Gasteiger partial charge is 0.491 e. The quantitative estimate of drug-likeness (QED) is 0.886. The van der Waals surface area contributed by atoms with Crippen molar-refractivity contribution in [1.82, 2.24) is 4.90 Å². The van der Waals surface area contributed by atoms with Crippen molar-refractivity contribution in [3.8, 4) is 5.75 Å². The molecule has 0 aromatic heterocycles. The molecule has 1 aliphatic rings. The van der Waals surface area contributed by atoms with Crippen molar-refractivity contribution < 1.29 is 14.6 Å². The van der Waals surface area contributed by atoms with Crippen LogP contribution in [0.25, 0.3) is 0 Å².